The van der Waals surface area contributed by atoms with Gasteiger partial charge in [0.25, 0.3) is 0 Å². The normalized spacial score (nSPS) is 20.0. The molecular formula is C42H61N7O8. The van der Waals surface area contributed by atoms with Gasteiger partial charge in [0.05, 0.1) is 19.1 Å². The first-order valence-electron chi connectivity index (χ1n) is 20.5. The van der Waals surface area contributed by atoms with Gasteiger partial charge >= 0.3 is 12.1 Å². The molecule has 57 heavy (non-hydrogen) atoms. The van der Waals surface area contributed by atoms with Gasteiger partial charge < -0.3 is 40.2 Å². The largest absolute Gasteiger partial charge is 0.467 e. The quantitative estimate of drug-likeness (QED) is 0.207. The number of esters is 1. The van der Waals surface area contributed by atoms with Crippen LogP contribution in [0.25, 0.3) is 0 Å². The molecule has 0 radical (unpaired) electrons. The Balaban J connectivity index is 1.34. The predicted molar refractivity (Wildman–Crippen MR) is 211 cm³/mol. The van der Waals surface area contributed by atoms with Crippen molar-refractivity contribution in [2.24, 2.45) is 13.0 Å². The van der Waals surface area contributed by atoms with Gasteiger partial charge in [-0.1, -0.05) is 68.9 Å². The van der Waals surface area contributed by atoms with Crippen LogP contribution < -0.4 is 21.3 Å². The number of amides is 5. The molecule has 312 valence electrons. The lowest BCUT2D eigenvalue weighted by Gasteiger charge is -2.40. The maximum atomic E-state index is 14.6. The van der Waals surface area contributed by atoms with Crippen LogP contribution in [0.1, 0.15) is 109 Å². The highest BCUT2D eigenvalue weighted by atomic mass is 16.6. The lowest BCUT2D eigenvalue weighted by molar-refractivity contribution is -0.146. The maximum absolute atomic E-state index is 14.6. The van der Waals surface area contributed by atoms with Crippen LogP contribution in [0.2, 0.25) is 0 Å². The summed E-state index contributed by atoms with van der Waals surface area (Å²) in [5, 5.41) is 11.8. The molecule has 1 aromatic heterocycles. The van der Waals surface area contributed by atoms with Crippen LogP contribution in [0.15, 0.2) is 42.9 Å². The van der Waals surface area contributed by atoms with E-state index in [4.69, 9.17) is 9.47 Å². The Labute approximate surface area is 335 Å². The number of likely N-dealkylation sites (tertiary alicyclic amines) is 1. The molecule has 1 aliphatic heterocycles. The van der Waals surface area contributed by atoms with Gasteiger partial charge in [0.1, 0.15) is 35.3 Å². The number of aryl methyl sites for hydroxylation is 1. The zero-order chi connectivity index (χ0) is 41.2. The first kappa shape index (κ1) is 43.2. The van der Waals surface area contributed by atoms with Crippen molar-refractivity contribution < 1.29 is 38.2 Å². The fourth-order valence-corrected chi connectivity index (χ4v) is 8.41. The zero-order valence-corrected chi connectivity index (χ0v) is 34.1. The number of imidazole rings is 1. The van der Waals surface area contributed by atoms with E-state index in [1.54, 1.807) is 37.9 Å². The molecule has 1 aromatic carbocycles. The Kier molecular flexibility index (Phi) is 14.7. The third-order valence-electron chi connectivity index (χ3n) is 11.3. The summed E-state index contributed by atoms with van der Waals surface area (Å²) in [4.78, 5) is 89.0. The van der Waals surface area contributed by atoms with Gasteiger partial charge in [-0.15, -0.1) is 0 Å². The number of carbonyl (C=O) groups is 6. The lowest BCUT2D eigenvalue weighted by Crippen LogP contribution is -2.66. The molecule has 1 saturated heterocycles. The molecule has 3 aliphatic rings. The smallest absolute Gasteiger partial charge is 0.408 e. The number of hydrogen-bond acceptors (Lipinski definition) is 9. The van der Waals surface area contributed by atoms with Crippen molar-refractivity contribution in [3.05, 3.63) is 54.1 Å². The van der Waals surface area contributed by atoms with Crippen LogP contribution in [-0.2, 0) is 53.3 Å². The van der Waals surface area contributed by atoms with Crippen molar-refractivity contribution in [2.75, 3.05) is 13.7 Å². The first-order chi connectivity index (χ1) is 27.2. The lowest BCUT2D eigenvalue weighted by atomic mass is 9.79. The van der Waals surface area contributed by atoms with Crippen LogP contribution in [-0.4, -0.2) is 99.1 Å². The number of rotatable bonds is 14. The molecule has 2 saturated carbocycles. The van der Waals surface area contributed by atoms with E-state index in [1.165, 1.54) is 12.0 Å². The summed E-state index contributed by atoms with van der Waals surface area (Å²) >= 11 is 0. The summed E-state index contributed by atoms with van der Waals surface area (Å²) in [5.74, 6) is -2.57. The third-order valence-corrected chi connectivity index (χ3v) is 11.3. The average Bonchev–Trinajstić information content (AvgIpc) is 3.85. The van der Waals surface area contributed by atoms with Gasteiger partial charge in [-0.2, -0.15) is 0 Å². The minimum Gasteiger partial charge on any atom is -0.467 e. The Morgan fingerprint density at radius 2 is 1.54 bits per heavy atom. The van der Waals surface area contributed by atoms with Crippen molar-refractivity contribution in [1.82, 2.24) is 35.7 Å². The first-order valence-corrected chi connectivity index (χ1v) is 20.5. The molecule has 0 spiro atoms. The average molecular weight is 792 g/mol. The van der Waals surface area contributed by atoms with E-state index >= 15 is 0 Å². The van der Waals surface area contributed by atoms with Crippen LogP contribution in [0.3, 0.4) is 0 Å². The summed E-state index contributed by atoms with van der Waals surface area (Å²) in [6.07, 6.45) is 11.2. The highest BCUT2D eigenvalue weighted by Crippen LogP contribution is 2.32. The Bertz CT molecular complexity index is 1710. The van der Waals surface area contributed by atoms with Crippen molar-refractivity contribution in [3.63, 3.8) is 0 Å². The maximum Gasteiger partial charge on any atom is 0.408 e. The molecule has 4 N–H and O–H groups in total. The Morgan fingerprint density at radius 1 is 0.860 bits per heavy atom. The molecular weight excluding hydrogens is 731 g/mol. The van der Waals surface area contributed by atoms with E-state index in [-0.39, 0.29) is 18.8 Å². The summed E-state index contributed by atoms with van der Waals surface area (Å²) in [6, 6.07) is 5.49. The van der Waals surface area contributed by atoms with Crippen LogP contribution in [0, 0.1) is 5.92 Å². The molecule has 2 heterocycles. The highest BCUT2D eigenvalue weighted by Gasteiger charge is 2.47. The topological polar surface area (TPSA) is 190 Å². The Hall–Kier alpha value is -4.95. The second-order valence-electron chi connectivity index (χ2n) is 16.9. The second kappa shape index (κ2) is 19.5. The fourth-order valence-electron chi connectivity index (χ4n) is 8.41. The van der Waals surface area contributed by atoms with Gasteiger partial charge in [-0.3, -0.25) is 19.2 Å². The van der Waals surface area contributed by atoms with E-state index in [2.05, 4.69) is 26.3 Å². The predicted octanol–water partition coefficient (Wildman–Crippen LogP) is 3.63. The van der Waals surface area contributed by atoms with Crippen molar-refractivity contribution >= 4 is 35.7 Å². The third kappa shape index (κ3) is 11.8. The van der Waals surface area contributed by atoms with E-state index in [1.807, 2.05) is 37.4 Å². The molecule has 0 bridgehead atoms. The van der Waals surface area contributed by atoms with Gasteiger partial charge in [-0.05, 0) is 70.8 Å². The van der Waals surface area contributed by atoms with Gasteiger partial charge in [0.2, 0.25) is 23.6 Å². The number of hydrogen-bond donors (Lipinski definition) is 4. The molecule has 15 heteroatoms. The minimum atomic E-state index is -1.31. The van der Waals surface area contributed by atoms with E-state index in [0.717, 1.165) is 44.1 Å². The number of benzene rings is 1. The molecule has 5 rings (SSSR count). The summed E-state index contributed by atoms with van der Waals surface area (Å²) in [5.41, 5.74) is -0.679. The molecule has 2 aliphatic carbocycles. The zero-order valence-electron chi connectivity index (χ0n) is 34.1. The van der Waals surface area contributed by atoms with E-state index in [0.29, 0.717) is 50.8 Å². The van der Waals surface area contributed by atoms with Gasteiger partial charge in [-0.25, -0.2) is 14.6 Å². The number of ether oxygens (including phenoxy) is 2. The van der Waals surface area contributed by atoms with Crippen LogP contribution >= 0.6 is 0 Å². The van der Waals surface area contributed by atoms with Gasteiger partial charge in [0.15, 0.2) is 0 Å². The number of alkyl carbamates (subject to hydrolysis) is 1. The molecule has 1 unspecified atom stereocenters. The van der Waals surface area contributed by atoms with Gasteiger partial charge in [0, 0.05) is 32.6 Å². The molecule has 3 fully saturated rings. The monoisotopic (exact) mass is 791 g/mol. The molecule has 2 aromatic rings. The summed E-state index contributed by atoms with van der Waals surface area (Å²) in [6.45, 7) is 5.48. The van der Waals surface area contributed by atoms with Crippen LogP contribution in [0.5, 0.6) is 0 Å². The van der Waals surface area contributed by atoms with Crippen molar-refractivity contribution in [1.29, 1.82) is 0 Å². The Morgan fingerprint density at radius 3 is 2.18 bits per heavy atom. The fraction of sp³-hybridized carbons (Fsp3) is 0.643. The SMILES string of the molecule is COC(=O)[C@H](Cc1ccccc1)NC(=O)C(NC(=O)C1(NC(=O)[C@H]2CCCN2C(=O)[C@H](Cc2cn(C)cn2)NC(=O)OC(C)(C)C)CCCCC1)C1CCCCC1. The molecule has 15 nitrogen and oxygen atoms in total. The summed E-state index contributed by atoms with van der Waals surface area (Å²) < 4.78 is 12.3. The molecule has 4 atom stereocenters. The number of carbonyl (C=O) groups excluding carboxylic acids is 6. The minimum absolute atomic E-state index is 0.0862. The number of nitrogens with zero attached hydrogens (tertiary/aromatic N) is 3. The van der Waals surface area contributed by atoms with Crippen molar-refractivity contribution in [3.8, 4) is 0 Å². The summed E-state index contributed by atoms with van der Waals surface area (Å²) in [7, 11) is 3.08. The second-order valence-corrected chi connectivity index (χ2v) is 16.9. The highest BCUT2D eigenvalue weighted by molar-refractivity contribution is 5.98. The van der Waals surface area contributed by atoms with Crippen molar-refractivity contribution in [2.45, 2.75) is 146 Å². The number of aromatic nitrogens is 2. The van der Waals surface area contributed by atoms with E-state index < -0.39 is 71.0 Å². The van der Waals surface area contributed by atoms with Crippen LogP contribution in [0.4, 0.5) is 4.79 Å². The van der Waals surface area contributed by atoms with E-state index in [9.17, 15) is 28.8 Å². The number of methoxy groups -OCH3 is 1. The number of nitrogens with one attached hydrogen (secondary N) is 4. The standard InChI is InChI=1S/C42H61N7O8/c1-41(2,3)57-40(55)45-31(25-30-26-48(4)27-43-30)37(52)49-23-15-20-33(49)35(50)47-42(21-13-8-14-22-42)39(54)46-34(29-18-11-7-12-19-29)36(51)44-32(38(53)56-5)24-28-16-9-6-10-17-28/h6,9-10,16-17,26-27,29,31-34H,7-8,11-15,18-25H2,1-5H3,(H,44,51)(H,45,55)(H,46,54)(H,47,50)/t31-,32-,33+,34?/m0/s1. The molecule has 5 amide bonds.